The summed E-state index contributed by atoms with van der Waals surface area (Å²) in [5.74, 6) is 0.942. The van der Waals surface area contributed by atoms with E-state index in [1.807, 2.05) is 14.1 Å². The van der Waals surface area contributed by atoms with E-state index in [1.54, 1.807) is 23.8 Å². The molecule has 1 unspecified atom stereocenters. The molecule has 0 amide bonds. The van der Waals surface area contributed by atoms with Gasteiger partial charge >= 0.3 is 0 Å². The van der Waals surface area contributed by atoms with Crippen LogP contribution in [0.25, 0.3) is 0 Å². The molecule has 16 heavy (non-hydrogen) atoms. The van der Waals surface area contributed by atoms with Gasteiger partial charge in [0.25, 0.3) is 0 Å². The zero-order chi connectivity index (χ0) is 12.3. The smallest absolute Gasteiger partial charge is 0.231 e. The quantitative estimate of drug-likeness (QED) is 0.829. The van der Waals surface area contributed by atoms with E-state index in [0.717, 1.165) is 0 Å². The van der Waals surface area contributed by atoms with E-state index in [4.69, 9.17) is 11.6 Å². The maximum absolute atomic E-state index is 9.28. The van der Waals surface area contributed by atoms with E-state index in [-0.39, 0.29) is 5.28 Å². The van der Waals surface area contributed by atoms with Crippen molar-refractivity contribution in [3.05, 3.63) is 5.28 Å². The Labute approximate surface area is 99.9 Å². The highest BCUT2D eigenvalue weighted by atomic mass is 35.5. The Hall–Kier alpha value is -1.14. The molecule has 1 heterocycles. The lowest BCUT2D eigenvalue weighted by Gasteiger charge is -2.20. The van der Waals surface area contributed by atoms with Gasteiger partial charge in [0.1, 0.15) is 0 Å². The van der Waals surface area contributed by atoms with Crippen molar-refractivity contribution in [2.45, 2.75) is 13.0 Å². The van der Waals surface area contributed by atoms with E-state index in [9.17, 15) is 5.11 Å². The summed E-state index contributed by atoms with van der Waals surface area (Å²) in [5.41, 5.74) is 0. The predicted octanol–water partition coefficient (Wildman–Crippen LogP) is 0.408. The van der Waals surface area contributed by atoms with Gasteiger partial charge in [0.2, 0.25) is 17.2 Å². The maximum atomic E-state index is 9.28. The Morgan fingerprint density at radius 1 is 1.19 bits per heavy atom. The molecule has 0 radical (unpaired) electrons. The number of aliphatic hydroxyl groups excluding tert-OH is 1. The van der Waals surface area contributed by atoms with Gasteiger partial charge in [-0.05, 0) is 18.5 Å². The average Bonchev–Trinajstić information content (AvgIpc) is 2.15. The minimum atomic E-state index is -0.455. The molecule has 0 bridgehead atoms. The van der Waals surface area contributed by atoms with Crippen LogP contribution in [0, 0.1) is 0 Å². The normalized spacial score (nSPS) is 12.4. The summed E-state index contributed by atoms with van der Waals surface area (Å²) < 4.78 is 0. The first-order valence-corrected chi connectivity index (χ1v) is 5.26. The average molecular weight is 246 g/mol. The van der Waals surface area contributed by atoms with Gasteiger partial charge in [0.05, 0.1) is 6.10 Å². The van der Waals surface area contributed by atoms with Crippen molar-refractivity contribution in [3.63, 3.8) is 0 Å². The van der Waals surface area contributed by atoms with Crippen molar-refractivity contribution >= 4 is 23.5 Å². The highest BCUT2D eigenvalue weighted by Crippen LogP contribution is 2.14. The van der Waals surface area contributed by atoms with Crippen LogP contribution in [0.5, 0.6) is 0 Å². The highest BCUT2D eigenvalue weighted by Gasteiger charge is 2.11. The van der Waals surface area contributed by atoms with E-state index >= 15 is 0 Å². The van der Waals surface area contributed by atoms with Crippen LogP contribution in [-0.2, 0) is 0 Å². The second-order valence-corrected chi connectivity index (χ2v) is 4.17. The highest BCUT2D eigenvalue weighted by molar-refractivity contribution is 6.28. The van der Waals surface area contributed by atoms with Gasteiger partial charge in [0, 0.05) is 27.7 Å². The molecule has 1 N–H and O–H groups in total. The molecule has 0 aliphatic heterocycles. The molecule has 1 rings (SSSR count). The van der Waals surface area contributed by atoms with E-state index < -0.39 is 6.10 Å². The molecule has 1 aromatic rings. The molecule has 0 aliphatic rings. The maximum Gasteiger partial charge on any atom is 0.231 e. The van der Waals surface area contributed by atoms with Gasteiger partial charge in [0.15, 0.2) is 0 Å². The van der Waals surface area contributed by atoms with Crippen LogP contribution >= 0.6 is 11.6 Å². The molecule has 0 saturated carbocycles. The number of nitrogens with zero attached hydrogens (tertiary/aromatic N) is 5. The van der Waals surface area contributed by atoms with Crippen molar-refractivity contribution in [2.75, 3.05) is 37.5 Å². The molecular weight excluding hydrogens is 230 g/mol. The molecule has 7 heteroatoms. The fraction of sp³-hybridized carbons (Fsp3) is 0.667. The Balaban J connectivity index is 2.95. The van der Waals surface area contributed by atoms with E-state index in [1.165, 1.54) is 0 Å². The van der Waals surface area contributed by atoms with E-state index in [2.05, 4.69) is 15.0 Å². The molecule has 0 spiro atoms. The number of hydrogen-bond acceptors (Lipinski definition) is 6. The van der Waals surface area contributed by atoms with Crippen LogP contribution in [0.1, 0.15) is 6.92 Å². The minimum absolute atomic E-state index is 0.145. The van der Waals surface area contributed by atoms with Crippen molar-refractivity contribution in [2.24, 2.45) is 0 Å². The number of anilines is 2. The minimum Gasteiger partial charge on any atom is -0.392 e. The molecule has 0 aromatic carbocycles. The van der Waals surface area contributed by atoms with Gasteiger partial charge < -0.3 is 14.9 Å². The van der Waals surface area contributed by atoms with Gasteiger partial charge in [-0.3, -0.25) is 0 Å². The molecule has 1 aromatic heterocycles. The van der Waals surface area contributed by atoms with E-state index in [0.29, 0.717) is 18.4 Å². The zero-order valence-corrected chi connectivity index (χ0v) is 10.6. The number of hydrogen-bond donors (Lipinski definition) is 1. The summed E-state index contributed by atoms with van der Waals surface area (Å²) in [6, 6.07) is 0. The molecule has 6 nitrogen and oxygen atoms in total. The first-order valence-electron chi connectivity index (χ1n) is 4.88. The second-order valence-electron chi connectivity index (χ2n) is 3.83. The standard InChI is InChI=1S/C9H16ClN5O/c1-6(16)5-15(4)9-12-7(10)11-8(13-9)14(2)3/h6,16H,5H2,1-4H3. The van der Waals surface area contributed by atoms with Crippen LogP contribution in [-0.4, -0.2) is 53.9 Å². The van der Waals surface area contributed by atoms with Crippen molar-refractivity contribution in [1.82, 2.24) is 15.0 Å². The lowest BCUT2D eigenvalue weighted by atomic mass is 10.4. The molecule has 0 aliphatic carbocycles. The fourth-order valence-electron chi connectivity index (χ4n) is 1.18. The zero-order valence-electron chi connectivity index (χ0n) is 9.85. The topological polar surface area (TPSA) is 65.4 Å². The molecule has 0 fully saturated rings. The van der Waals surface area contributed by atoms with Crippen molar-refractivity contribution in [3.8, 4) is 0 Å². The van der Waals surface area contributed by atoms with Gasteiger partial charge in [-0.1, -0.05) is 0 Å². The predicted molar refractivity (Wildman–Crippen MR) is 64.1 cm³/mol. The lowest BCUT2D eigenvalue weighted by Crippen LogP contribution is -2.29. The molecule has 1 atom stereocenters. The third kappa shape index (κ3) is 3.46. The first kappa shape index (κ1) is 12.9. The fourth-order valence-corrected chi connectivity index (χ4v) is 1.33. The van der Waals surface area contributed by atoms with Crippen LogP contribution < -0.4 is 9.80 Å². The Bertz CT molecular complexity index is 358. The lowest BCUT2D eigenvalue weighted by molar-refractivity contribution is 0.201. The summed E-state index contributed by atoms with van der Waals surface area (Å²) in [7, 11) is 5.44. The summed E-state index contributed by atoms with van der Waals surface area (Å²) in [6.45, 7) is 2.14. The number of halogens is 1. The van der Waals surface area contributed by atoms with Crippen molar-refractivity contribution < 1.29 is 5.11 Å². The van der Waals surface area contributed by atoms with Crippen LogP contribution in [0.4, 0.5) is 11.9 Å². The summed E-state index contributed by atoms with van der Waals surface area (Å²) >= 11 is 5.80. The Morgan fingerprint density at radius 3 is 2.25 bits per heavy atom. The SMILES string of the molecule is CC(O)CN(C)c1nc(Cl)nc(N(C)C)n1. The van der Waals surface area contributed by atoms with Crippen LogP contribution in [0.15, 0.2) is 0 Å². The van der Waals surface area contributed by atoms with Gasteiger partial charge in [-0.25, -0.2) is 0 Å². The van der Waals surface area contributed by atoms with Gasteiger partial charge in [-0.2, -0.15) is 15.0 Å². The third-order valence-electron chi connectivity index (χ3n) is 1.86. The van der Waals surface area contributed by atoms with Crippen LogP contribution in [0.2, 0.25) is 5.28 Å². The summed E-state index contributed by atoms with van der Waals surface area (Å²) in [6.07, 6.45) is -0.455. The largest absolute Gasteiger partial charge is 0.392 e. The Kier molecular flexibility index (Phi) is 4.26. The van der Waals surface area contributed by atoms with Gasteiger partial charge in [-0.15, -0.1) is 0 Å². The number of rotatable bonds is 4. The van der Waals surface area contributed by atoms with Crippen LogP contribution in [0.3, 0.4) is 0 Å². The third-order valence-corrected chi connectivity index (χ3v) is 2.03. The first-order chi connectivity index (χ1) is 7.40. The Morgan fingerprint density at radius 2 is 1.75 bits per heavy atom. The summed E-state index contributed by atoms with van der Waals surface area (Å²) in [5, 5.41) is 9.42. The molecule has 0 saturated heterocycles. The second kappa shape index (κ2) is 5.27. The molecule has 90 valence electrons. The number of aromatic nitrogens is 3. The molecular formula is C9H16ClN5O. The number of aliphatic hydroxyl groups is 1. The van der Waals surface area contributed by atoms with Crippen molar-refractivity contribution in [1.29, 1.82) is 0 Å². The monoisotopic (exact) mass is 245 g/mol. The summed E-state index contributed by atoms with van der Waals surface area (Å²) in [4.78, 5) is 15.7. The number of likely N-dealkylation sites (N-methyl/N-ethyl adjacent to an activating group) is 1.